The van der Waals surface area contributed by atoms with Crippen LogP contribution in [0.5, 0.6) is 0 Å². The lowest BCUT2D eigenvalue weighted by atomic mass is 10.1. The number of esters is 1. The molecule has 0 unspecified atom stereocenters. The maximum Gasteiger partial charge on any atom is 0.323 e. The van der Waals surface area contributed by atoms with Crippen molar-refractivity contribution in [3.05, 3.63) is 12.7 Å². The minimum atomic E-state index is -0.490. The molecule has 0 aromatic rings. The molecule has 1 amide bonds. The van der Waals surface area contributed by atoms with Gasteiger partial charge in [-0.15, -0.1) is 6.58 Å². The molecule has 0 aromatic carbocycles. The molecule has 0 aliphatic carbocycles. The van der Waals surface area contributed by atoms with Crippen LogP contribution in [0.2, 0.25) is 0 Å². The van der Waals surface area contributed by atoms with Crippen LogP contribution >= 0.6 is 0 Å². The molecule has 1 saturated heterocycles. The molecule has 1 aliphatic rings. The summed E-state index contributed by atoms with van der Waals surface area (Å²) in [6.45, 7) is 10.5. The highest BCUT2D eigenvalue weighted by molar-refractivity contribution is 5.81. The monoisotopic (exact) mass is 268 g/mol. The lowest BCUT2D eigenvalue weighted by Crippen LogP contribution is -2.45. The van der Waals surface area contributed by atoms with Crippen LogP contribution in [-0.2, 0) is 14.3 Å². The standard InChI is InChI=1S/C14H24N2O3/c1-5-8-15-12(17)10-16-9-6-7-11(16)13(18)19-14(2,3)4/h5,11H,1,6-10H2,2-4H3,(H,15,17)/t11-/m1/s1. The fraction of sp³-hybridized carbons (Fsp3) is 0.714. The van der Waals surface area contributed by atoms with Gasteiger partial charge < -0.3 is 10.1 Å². The lowest BCUT2D eigenvalue weighted by Gasteiger charge is -2.26. The van der Waals surface area contributed by atoms with Gasteiger partial charge in [-0.3, -0.25) is 14.5 Å². The molecular formula is C14H24N2O3. The molecule has 1 aliphatic heterocycles. The second-order valence-corrected chi connectivity index (χ2v) is 5.75. The van der Waals surface area contributed by atoms with Crippen LogP contribution in [0.4, 0.5) is 0 Å². The summed E-state index contributed by atoms with van der Waals surface area (Å²) in [5.74, 6) is -0.322. The van der Waals surface area contributed by atoms with Gasteiger partial charge in [0, 0.05) is 6.54 Å². The molecule has 1 atom stereocenters. The summed E-state index contributed by atoms with van der Waals surface area (Å²) in [7, 11) is 0. The van der Waals surface area contributed by atoms with E-state index in [4.69, 9.17) is 4.74 Å². The molecule has 108 valence electrons. The number of ether oxygens (including phenoxy) is 1. The number of nitrogens with one attached hydrogen (secondary N) is 1. The van der Waals surface area contributed by atoms with Gasteiger partial charge in [0.15, 0.2) is 0 Å². The van der Waals surface area contributed by atoms with Crippen molar-refractivity contribution in [2.75, 3.05) is 19.6 Å². The topological polar surface area (TPSA) is 58.6 Å². The van der Waals surface area contributed by atoms with E-state index in [0.29, 0.717) is 6.54 Å². The third kappa shape index (κ3) is 5.42. The van der Waals surface area contributed by atoms with Crippen LogP contribution in [0, 0.1) is 0 Å². The first-order valence-corrected chi connectivity index (χ1v) is 6.68. The van der Waals surface area contributed by atoms with Crippen molar-refractivity contribution < 1.29 is 14.3 Å². The molecule has 19 heavy (non-hydrogen) atoms. The zero-order valence-electron chi connectivity index (χ0n) is 12.1. The summed E-state index contributed by atoms with van der Waals surface area (Å²) in [6.07, 6.45) is 3.30. The highest BCUT2D eigenvalue weighted by Crippen LogP contribution is 2.20. The molecule has 0 spiro atoms. The van der Waals surface area contributed by atoms with Crippen LogP contribution < -0.4 is 5.32 Å². The second kappa shape index (κ2) is 6.70. The van der Waals surface area contributed by atoms with E-state index < -0.39 is 5.60 Å². The average molecular weight is 268 g/mol. The first kappa shape index (κ1) is 15.7. The van der Waals surface area contributed by atoms with E-state index in [1.807, 2.05) is 25.7 Å². The molecule has 1 N–H and O–H groups in total. The van der Waals surface area contributed by atoms with Crippen molar-refractivity contribution in [1.29, 1.82) is 0 Å². The molecule has 1 fully saturated rings. The van der Waals surface area contributed by atoms with E-state index in [9.17, 15) is 9.59 Å². The van der Waals surface area contributed by atoms with E-state index in [-0.39, 0.29) is 24.5 Å². The molecule has 0 bridgehead atoms. The Morgan fingerprint density at radius 2 is 2.16 bits per heavy atom. The van der Waals surface area contributed by atoms with Gasteiger partial charge in [0.1, 0.15) is 11.6 Å². The number of amides is 1. The number of carbonyl (C=O) groups is 2. The minimum Gasteiger partial charge on any atom is -0.459 e. The quantitative estimate of drug-likeness (QED) is 0.599. The molecule has 1 heterocycles. The van der Waals surface area contributed by atoms with Gasteiger partial charge in [-0.1, -0.05) is 6.08 Å². The Hall–Kier alpha value is -1.36. The van der Waals surface area contributed by atoms with Crippen LogP contribution in [-0.4, -0.2) is 48.1 Å². The Morgan fingerprint density at radius 3 is 2.74 bits per heavy atom. The molecule has 1 rings (SSSR count). The summed E-state index contributed by atoms with van der Waals surface area (Å²) in [5, 5.41) is 2.72. The maximum atomic E-state index is 12.1. The molecule has 0 saturated carbocycles. The number of nitrogens with zero attached hydrogens (tertiary/aromatic N) is 1. The van der Waals surface area contributed by atoms with Crippen LogP contribution in [0.25, 0.3) is 0 Å². The smallest absolute Gasteiger partial charge is 0.323 e. The number of likely N-dealkylation sites (tertiary alicyclic amines) is 1. The third-order valence-electron chi connectivity index (χ3n) is 2.83. The summed E-state index contributed by atoms with van der Waals surface area (Å²) in [4.78, 5) is 25.6. The SMILES string of the molecule is C=CCNC(=O)CN1CCC[C@@H]1C(=O)OC(C)(C)C. The predicted molar refractivity (Wildman–Crippen MR) is 73.6 cm³/mol. The summed E-state index contributed by atoms with van der Waals surface area (Å²) in [5.41, 5.74) is -0.490. The van der Waals surface area contributed by atoms with Crippen LogP contribution in [0.3, 0.4) is 0 Å². The van der Waals surface area contributed by atoms with Crippen molar-refractivity contribution in [3.63, 3.8) is 0 Å². The molecule has 5 nitrogen and oxygen atoms in total. The van der Waals surface area contributed by atoms with Crippen molar-refractivity contribution in [2.24, 2.45) is 0 Å². The van der Waals surface area contributed by atoms with Crippen molar-refractivity contribution in [1.82, 2.24) is 10.2 Å². The molecule has 5 heteroatoms. The Morgan fingerprint density at radius 1 is 1.47 bits per heavy atom. The zero-order valence-corrected chi connectivity index (χ0v) is 12.1. The zero-order chi connectivity index (χ0) is 14.5. The van der Waals surface area contributed by atoms with Crippen LogP contribution in [0.15, 0.2) is 12.7 Å². The van der Waals surface area contributed by atoms with Gasteiger partial charge in [0.2, 0.25) is 5.91 Å². The Kier molecular flexibility index (Phi) is 5.54. The van der Waals surface area contributed by atoms with E-state index in [1.54, 1.807) is 6.08 Å². The predicted octanol–water partition coefficient (Wildman–Crippen LogP) is 1.09. The maximum absolute atomic E-state index is 12.1. The Balaban J connectivity index is 2.51. The van der Waals surface area contributed by atoms with Gasteiger partial charge in [-0.25, -0.2) is 0 Å². The van der Waals surface area contributed by atoms with E-state index in [2.05, 4.69) is 11.9 Å². The number of hydrogen-bond donors (Lipinski definition) is 1. The van der Waals surface area contributed by atoms with Crippen LogP contribution in [0.1, 0.15) is 33.6 Å². The molecular weight excluding hydrogens is 244 g/mol. The molecule has 0 aromatic heterocycles. The second-order valence-electron chi connectivity index (χ2n) is 5.75. The Bertz CT molecular complexity index is 347. The summed E-state index contributed by atoms with van der Waals surface area (Å²) in [6, 6.07) is -0.297. The normalized spacial score (nSPS) is 20.1. The van der Waals surface area contributed by atoms with Gasteiger partial charge >= 0.3 is 5.97 Å². The average Bonchev–Trinajstić information content (AvgIpc) is 2.72. The highest BCUT2D eigenvalue weighted by atomic mass is 16.6. The summed E-state index contributed by atoms with van der Waals surface area (Å²) >= 11 is 0. The van der Waals surface area contributed by atoms with E-state index in [1.165, 1.54) is 0 Å². The first-order valence-electron chi connectivity index (χ1n) is 6.68. The van der Waals surface area contributed by atoms with Crippen molar-refractivity contribution in [2.45, 2.75) is 45.3 Å². The van der Waals surface area contributed by atoms with Gasteiger partial charge in [-0.05, 0) is 40.2 Å². The highest BCUT2D eigenvalue weighted by Gasteiger charge is 2.34. The van der Waals surface area contributed by atoms with Gasteiger partial charge in [-0.2, -0.15) is 0 Å². The van der Waals surface area contributed by atoms with Crippen molar-refractivity contribution >= 4 is 11.9 Å². The van der Waals surface area contributed by atoms with E-state index >= 15 is 0 Å². The Labute approximate surface area is 115 Å². The number of rotatable bonds is 5. The van der Waals surface area contributed by atoms with Gasteiger partial charge in [0.05, 0.1) is 6.54 Å². The van der Waals surface area contributed by atoms with Gasteiger partial charge in [0.25, 0.3) is 0 Å². The largest absolute Gasteiger partial charge is 0.459 e. The fourth-order valence-corrected chi connectivity index (χ4v) is 2.08. The first-order chi connectivity index (χ1) is 8.83. The van der Waals surface area contributed by atoms with E-state index in [0.717, 1.165) is 19.4 Å². The molecule has 0 radical (unpaired) electrons. The number of hydrogen-bond acceptors (Lipinski definition) is 4. The van der Waals surface area contributed by atoms with Crippen molar-refractivity contribution in [3.8, 4) is 0 Å². The lowest BCUT2D eigenvalue weighted by molar-refractivity contribution is -0.160. The third-order valence-corrected chi connectivity index (χ3v) is 2.83. The fourth-order valence-electron chi connectivity index (χ4n) is 2.08. The summed E-state index contributed by atoms with van der Waals surface area (Å²) < 4.78 is 5.39. The minimum absolute atomic E-state index is 0.0876. The number of carbonyl (C=O) groups excluding carboxylic acids is 2.